The van der Waals surface area contributed by atoms with Gasteiger partial charge in [-0.2, -0.15) is 0 Å². The van der Waals surface area contributed by atoms with Gasteiger partial charge in [0.15, 0.2) is 0 Å². The van der Waals surface area contributed by atoms with Gasteiger partial charge in [-0.3, -0.25) is 9.59 Å². The molecule has 0 spiro atoms. The van der Waals surface area contributed by atoms with E-state index in [1.807, 2.05) is 4.90 Å². The van der Waals surface area contributed by atoms with Gasteiger partial charge in [0.1, 0.15) is 0 Å². The Hall–Kier alpha value is -1.10. The summed E-state index contributed by atoms with van der Waals surface area (Å²) in [6, 6.07) is 0.457. The lowest BCUT2D eigenvalue weighted by Gasteiger charge is -2.35. The number of carbonyl (C=O) groups is 2. The molecule has 2 aliphatic heterocycles. The van der Waals surface area contributed by atoms with Crippen LogP contribution in [0.4, 0.5) is 0 Å². The van der Waals surface area contributed by atoms with Crippen molar-refractivity contribution in [2.24, 2.45) is 11.8 Å². The van der Waals surface area contributed by atoms with Gasteiger partial charge in [0.25, 0.3) is 0 Å². The van der Waals surface area contributed by atoms with E-state index in [2.05, 4.69) is 10.6 Å². The number of amides is 2. The maximum absolute atomic E-state index is 12.5. The van der Waals surface area contributed by atoms with Crippen molar-refractivity contribution in [1.82, 2.24) is 15.5 Å². The van der Waals surface area contributed by atoms with Crippen LogP contribution in [-0.4, -0.2) is 48.9 Å². The molecular weight excluding hydrogens is 266 g/mol. The smallest absolute Gasteiger partial charge is 0.225 e. The maximum atomic E-state index is 12.5. The molecule has 0 aromatic rings. The van der Waals surface area contributed by atoms with Crippen LogP contribution in [0.25, 0.3) is 0 Å². The van der Waals surface area contributed by atoms with E-state index in [9.17, 15) is 9.59 Å². The topological polar surface area (TPSA) is 61.4 Å². The van der Waals surface area contributed by atoms with Crippen molar-refractivity contribution in [3.05, 3.63) is 0 Å². The van der Waals surface area contributed by atoms with Gasteiger partial charge in [0, 0.05) is 31.5 Å². The lowest BCUT2D eigenvalue weighted by Crippen LogP contribution is -2.45. The molecule has 5 heteroatoms. The van der Waals surface area contributed by atoms with Gasteiger partial charge < -0.3 is 15.5 Å². The van der Waals surface area contributed by atoms with Crippen molar-refractivity contribution in [2.45, 2.75) is 51.0 Å². The molecule has 2 saturated heterocycles. The zero-order valence-electron chi connectivity index (χ0n) is 12.8. The number of rotatable bonds is 4. The zero-order chi connectivity index (χ0) is 14.7. The average molecular weight is 293 g/mol. The van der Waals surface area contributed by atoms with Gasteiger partial charge in [-0.25, -0.2) is 0 Å². The van der Waals surface area contributed by atoms with Gasteiger partial charge >= 0.3 is 0 Å². The monoisotopic (exact) mass is 293 g/mol. The normalized spacial score (nSPS) is 24.9. The number of piperidine rings is 2. The molecule has 0 aromatic carbocycles. The summed E-state index contributed by atoms with van der Waals surface area (Å²) in [5, 5.41) is 6.37. The van der Waals surface area contributed by atoms with Crippen LogP contribution in [0.5, 0.6) is 0 Å². The Morgan fingerprint density at radius 1 is 1.00 bits per heavy atom. The third kappa shape index (κ3) is 4.19. The molecular formula is C16H27N3O2. The molecule has 2 heterocycles. The Labute approximate surface area is 126 Å². The number of nitrogens with zero attached hydrogens (tertiary/aromatic N) is 1. The van der Waals surface area contributed by atoms with E-state index in [0.29, 0.717) is 24.3 Å². The maximum Gasteiger partial charge on any atom is 0.225 e. The average Bonchev–Trinajstić information content (AvgIpc) is 3.32. The fraction of sp³-hybridized carbons (Fsp3) is 0.875. The standard InChI is InChI=1S/C16H27N3O2/c20-15(18-14-1-2-14)11-12-5-9-19(10-6-12)16(21)13-3-7-17-8-4-13/h12-14,17H,1-11H2,(H,18,20). The molecule has 2 N–H and O–H groups in total. The first kappa shape index (κ1) is 14.8. The number of hydrogen-bond acceptors (Lipinski definition) is 3. The molecule has 118 valence electrons. The third-order valence-electron chi connectivity index (χ3n) is 5.03. The highest BCUT2D eigenvalue weighted by atomic mass is 16.2. The summed E-state index contributed by atoms with van der Waals surface area (Å²) in [6.07, 6.45) is 6.85. The van der Waals surface area contributed by atoms with Crippen LogP contribution in [0.3, 0.4) is 0 Å². The van der Waals surface area contributed by atoms with Crippen LogP contribution in [0.1, 0.15) is 44.9 Å². The third-order valence-corrected chi connectivity index (χ3v) is 5.03. The van der Waals surface area contributed by atoms with Crippen LogP contribution in [0.15, 0.2) is 0 Å². The lowest BCUT2D eigenvalue weighted by atomic mass is 9.91. The quantitative estimate of drug-likeness (QED) is 0.809. The molecule has 5 nitrogen and oxygen atoms in total. The van der Waals surface area contributed by atoms with E-state index in [4.69, 9.17) is 0 Å². The van der Waals surface area contributed by atoms with Crippen molar-refractivity contribution >= 4 is 11.8 Å². The highest BCUT2D eigenvalue weighted by Gasteiger charge is 2.30. The fourth-order valence-electron chi connectivity index (χ4n) is 3.46. The summed E-state index contributed by atoms with van der Waals surface area (Å²) < 4.78 is 0. The van der Waals surface area contributed by atoms with Gasteiger partial charge in [-0.05, 0) is 57.5 Å². The molecule has 0 atom stereocenters. The second kappa shape index (κ2) is 6.77. The summed E-state index contributed by atoms with van der Waals surface area (Å²) in [7, 11) is 0. The van der Waals surface area contributed by atoms with Gasteiger partial charge in [0.2, 0.25) is 11.8 Å². The second-order valence-corrected chi connectivity index (χ2v) is 6.84. The molecule has 0 unspecified atom stereocenters. The van der Waals surface area contributed by atoms with Gasteiger partial charge in [0.05, 0.1) is 0 Å². The summed E-state index contributed by atoms with van der Waals surface area (Å²) in [5.74, 6) is 1.24. The van der Waals surface area contributed by atoms with E-state index >= 15 is 0 Å². The van der Waals surface area contributed by atoms with Crippen LogP contribution in [-0.2, 0) is 9.59 Å². The summed E-state index contributed by atoms with van der Waals surface area (Å²) >= 11 is 0. The van der Waals surface area contributed by atoms with E-state index in [1.165, 1.54) is 0 Å². The van der Waals surface area contributed by atoms with Crippen molar-refractivity contribution in [3.63, 3.8) is 0 Å². The minimum absolute atomic E-state index is 0.209. The molecule has 0 bridgehead atoms. The van der Waals surface area contributed by atoms with Crippen LogP contribution >= 0.6 is 0 Å². The Balaban J connectivity index is 1.39. The molecule has 0 aromatic heterocycles. The highest BCUT2D eigenvalue weighted by Crippen LogP contribution is 2.25. The number of hydrogen-bond donors (Lipinski definition) is 2. The first-order valence-corrected chi connectivity index (χ1v) is 8.51. The lowest BCUT2D eigenvalue weighted by molar-refractivity contribution is -0.137. The number of likely N-dealkylation sites (tertiary alicyclic amines) is 1. The SMILES string of the molecule is O=C(CC1CCN(C(=O)C2CCNCC2)CC1)NC1CC1. The first-order valence-electron chi connectivity index (χ1n) is 8.51. The molecule has 3 rings (SSSR count). The van der Waals surface area contributed by atoms with E-state index < -0.39 is 0 Å². The predicted octanol–water partition coefficient (Wildman–Crippen LogP) is 0.893. The van der Waals surface area contributed by atoms with Crippen molar-refractivity contribution in [2.75, 3.05) is 26.2 Å². The summed E-state index contributed by atoms with van der Waals surface area (Å²) in [6.45, 7) is 3.61. The molecule has 3 aliphatic rings. The number of carbonyl (C=O) groups excluding carboxylic acids is 2. The number of nitrogens with one attached hydrogen (secondary N) is 2. The van der Waals surface area contributed by atoms with Crippen LogP contribution in [0, 0.1) is 11.8 Å². The minimum atomic E-state index is 0.209. The molecule has 2 amide bonds. The summed E-state index contributed by atoms with van der Waals surface area (Å²) in [4.78, 5) is 26.3. The Morgan fingerprint density at radius 2 is 1.67 bits per heavy atom. The Bertz CT molecular complexity index is 381. The Kier molecular flexibility index (Phi) is 4.78. The van der Waals surface area contributed by atoms with Crippen molar-refractivity contribution in [1.29, 1.82) is 0 Å². The van der Waals surface area contributed by atoms with Crippen LogP contribution < -0.4 is 10.6 Å². The second-order valence-electron chi connectivity index (χ2n) is 6.84. The largest absolute Gasteiger partial charge is 0.353 e. The van der Waals surface area contributed by atoms with E-state index in [1.54, 1.807) is 0 Å². The molecule has 21 heavy (non-hydrogen) atoms. The highest BCUT2D eigenvalue weighted by molar-refractivity contribution is 5.79. The Morgan fingerprint density at radius 3 is 2.29 bits per heavy atom. The molecule has 1 aliphatic carbocycles. The minimum Gasteiger partial charge on any atom is -0.353 e. The fourth-order valence-corrected chi connectivity index (χ4v) is 3.46. The predicted molar refractivity (Wildman–Crippen MR) is 80.7 cm³/mol. The van der Waals surface area contributed by atoms with Crippen molar-refractivity contribution in [3.8, 4) is 0 Å². The molecule has 3 fully saturated rings. The first-order chi connectivity index (χ1) is 10.2. The van der Waals surface area contributed by atoms with Gasteiger partial charge in [-0.1, -0.05) is 0 Å². The van der Waals surface area contributed by atoms with E-state index in [-0.39, 0.29) is 11.8 Å². The molecule has 1 saturated carbocycles. The zero-order valence-corrected chi connectivity index (χ0v) is 12.8. The van der Waals surface area contributed by atoms with Gasteiger partial charge in [-0.15, -0.1) is 0 Å². The van der Waals surface area contributed by atoms with E-state index in [0.717, 1.165) is 64.7 Å². The molecule has 0 radical (unpaired) electrons. The summed E-state index contributed by atoms with van der Waals surface area (Å²) in [5.41, 5.74) is 0. The van der Waals surface area contributed by atoms with Crippen LogP contribution in [0.2, 0.25) is 0 Å². The van der Waals surface area contributed by atoms with Crippen molar-refractivity contribution < 1.29 is 9.59 Å².